The first kappa shape index (κ1) is 32.6. The third-order valence-electron chi connectivity index (χ3n) is 5.87. The minimum absolute atomic E-state index is 0.0712. The number of alkyl halides is 6. The maximum Gasteiger partial charge on any atom is 0.490 e. The van der Waals surface area contributed by atoms with Crippen molar-refractivity contribution in [2.75, 3.05) is 33.3 Å². The Morgan fingerprint density at radius 2 is 1.60 bits per heavy atom. The van der Waals surface area contributed by atoms with E-state index >= 15 is 0 Å². The zero-order chi connectivity index (χ0) is 30.1. The Balaban J connectivity index is 0.000000333. The monoisotopic (exact) mass is 583 g/mol. The molecule has 2 aliphatic rings. The van der Waals surface area contributed by atoms with Crippen molar-refractivity contribution in [1.82, 2.24) is 14.8 Å². The lowest BCUT2D eigenvalue weighted by atomic mass is 9.82. The molecule has 222 valence electrons. The summed E-state index contributed by atoms with van der Waals surface area (Å²) in [5.41, 5.74) is 0.571. The van der Waals surface area contributed by atoms with Crippen LogP contribution in [0.4, 0.5) is 26.3 Å². The molecule has 1 atom stereocenters. The number of carboxylic acids is 2. The van der Waals surface area contributed by atoms with Gasteiger partial charge < -0.3 is 24.3 Å². The third kappa shape index (κ3) is 10.1. The smallest absolute Gasteiger partial charge is 0.475 e. The van der Waals surface area contributed by atoms with E-state index in [4.69, 9.17) is 29.0 Å². The van der Waals surface area contributed by atoms with Gasteiger partial charge in [0.15, 0.2) is 0 Å². The number of carboxylic acid groups (broad SMARTS) is 2. The van der Waals surface area contributed by atoms with E-state index in [0.717, 1.165) is 38.3 Å². The molecular weight excluding hydrogens is 556 g/mol. The van der Waals surface area contributed by atoms with E-state index in [2.05, 4.69) is 16.9 Å². The van der Waals surface area contributed by atoms with Gasteiger partial charge in [-0.15, -0.1) is 0 Å². The number of aromatic nitrogens is 1. The number of hydrogen-bond acceptors (Lipinski definition) is 7. The molecular formula is C24H27F6N3O7. The predicted octanol–water partition coefficient (Wildman–Crippen LogP) is 3.69. The highest BCUT2D eigenvalue weighted by Gasteiger charge is 2.48. The van der Waals surface area contributed by atoms with E-state index in [1.807, 2.05) is 17.0 Å². The van der Waals surface area contributed by atoms with Crippen molar-refractivity contribution >= 4 is 17.8 Å². The van der Waals surface area contributed by atoms with Crippen molar-refractivity contribution in [2.45, 2.75) is 37.3 Å². The summed E-state index contributed by atoms with van der Waals surface area (Å²) in [7, 11) is 2.12. The average Bonchev–Trinajstić information content (AvgIpc) is 3.36. The van der Waals surface area contributed by atoms with Crippen LogP contribution in [-0.4, -0.2) is 94.1 Å². The normalized spacial score (nSPS) is 18.1. The quantitative estimate of drug-likeness (QED) is 0.506. The minimum Gasteiger partial charge on any atom is -0.475 e. The van der Waals surface area contributed by atoms with Crippen molar-refractivity contribution < 1.29 is 60.1 Å². The van der Waals surface area contributed by atoms with E-state index in [1.165, 1.54) is 0 Å². The van der Waals surface area contributed by atoms with Crippen LogP contribution in [-0.2, 0) is 20.9 Å². The molecule has 2 aromatic rings. The number of carbonyl (C=O) groups excluding carboxylic acids is 1. The predicted molar refractivity (Wildman–Crippen MR) is 124 cm³/mol. The van der Waals surface area contributed by atoms with Crippen LogP contribution in [0.15, 0.2) is 47.3 Å². The standard InChI is InChI=1S/C20H25N3O3.2C2HF3O2/c1-22(12-18-3-2-10-25-18)11-16-4-7-20(26-13-16)14-23(15-20)19(24)17-5-8-21-9-6-17;2*3-2(4,5)1(6)7/h2-3,5-6,8-10,16H,4,7,11-15H2,1H3;2*(H,6,7). The fourth-order valence-corrected chi connectivity index (χ4v) is 3.95. The summed E-state index contributed by atoms with van der Waals surface area (Å²) < 4.78 is 75.1. The largest absolute Gasteiger partial charge is 0.490 e. The molecule has 10 nitrogen and oxygen atoms in total. The number of halogens is 6. The van der Waals surface area contributed by atoms with Gasteiger partial charge >= 0.3 is 24.3 Å². The molecule has 0 radical (unpaired) electrons. The Morgan fingerprint density at radius 3 is 2.02 bits per heavy atom. The maximum absolute atomic E-state index is 12.4. The number of nitrogens with zero attached hydrogens (tertiary/aromatic N) is 3. The van der Waals surface area contributed by atoms with Crippen LogP contribution in [0.1, 0.15) is 29.0 Å². The Morgan fingerprint density at radius 1 is 1.05 bits per heavy atom. The lowest BCUT2D eigenvalue weighted by Crippen LogP contribution is -2.66. The van der Waals surface area contributed by atoms with Crippen LogP contribution in [0.3, 0.4) is 0 Å². The molecule has 2 aliphatic heterocycles. The molecule has 2 N–H and O–H groups in total. The van der Waals surface area contributed by atoms with Gasteiger partial charge in [0.25, 0.3) is 5.91 Å². The van der Waals surface area contributed by atoms with Crippen LogP contribution < -0.4 is 0 Å². The second-order valence-electron chi connectivity index (χ2n) is 9.18. The van der Waals surface area contributed by atoms with Gasteiger partial charge in [0.2, 0.25) is 0 Å². The number of rotatable bonds is 5. The minimum atomic E-state index is -5.08. The Hall–Kier alpha value is -3.66. The fraction of sp³-hybridized carbons (Fsp3) is 0.500. The molecule has 1 unspecified atom stereocenters. The molecule has 0 saturated carbocycles. The van der Waals surface area contributed by atoms with E-state index in [0.29, 0.717) is 24.6 Å². The molecule has 0 aliphatic carbocycles. The van der Waals surface area contributed by atoms with Gasteiger partial charge in [0.05, 0.1) is 32.5 Å². The second kappa shape index (κ2) is 13.6. The number of furan rings is 1. The fourth-order valence-electron chi connectivity index (χ4n) is 3.95. The van der Waals surface area contributed by atoms with E-state index < -0.39 is 24.3 Å². The van der Waals surface area contributed by atoms with Gasteiger partial charge in [-0.05, 0) is 50.1 Å². The zero-order valence-electron chi connectivity index (χ0n) is 21.1. The SMILES string of the molecule is CN(Cc1ccco1)CC1CCC2(CN(C(=O)c3ccncc3)C2)OC1.O=C(O)C(F)(F)F.O=C(O)C(F)(F)F. The molecule has 40 heavy (non-hydrogen) atoms. The van der Waals surface area contributed by atoms with Crippen molar-refractivity contribution in [3.05, 3.63) is 54.2 Å². The summed E-state index contributed by atoms with van der Waals surface area (Å²) in [5.74, 6) is -3.92. The van der Waals surface area contributed by atoms with Crippen LogP contribution >= 0.6 is 0 Å². The number of likely N-dealkylation sites (tertiary alicyclic amines) is 1. The molecule has 1 spiro atoms. The summed E-state index contributed by atoms with van der Waals surface area (Å²) in [6.45, 7) is 3.98. The molecule has 2 saturated heterocycles. The highest BCUT2D eigenvalue weighted by molar-refractivity contribution is 5.94. The highest BCUT2D eigenvalue weighted by Crippen LogP contribution is 2.37. The van der Waals surface area contributed by atoms with Gasteiger partial charge in [0.1, 0.15) is 11.4 Å². The van der Waals surface area contributed by atoms with E-state index in [-0.39, 0.29) is 11.5 Å². The number of pyridine rings is 1. The summed E-state index contributed by atoms with van der Waals surface area (Å²) >= 11 is 0. The lowest BCUT2D eigenvalue weighted by molar-refractivity contribution is -0.193. The van der Waals surface area contributed by atoms with E-state index in [9.17, 15) is 31.1 Å². The molecule has 2 fully saturated rings. The van der Waals surface area contributed by atoms with Gasteiger partial charge in [-0.3, -0.25) is 14.7 Å². The van der Waals surface area contributed by atoms with Crippen molar-refractivity contribution in [2.24, 2.45) is 5.92 Å². The first-order valence-electron chi connectivity index (χ1n) is 11.7. The molecule has 1 amide bonds. The maximum atomic E-state index is 12.4. The molecule has 4 rings (SSSR count). The molecule has 2 aromatic heterocycles. The lowest BCUT2D eigenvalue weighted by Gasteiger charge is -2.53. The topological polar surface area (TPSA) is 133 Å². The summed E-state index contributed by atoms with van der Waals surface area (Å²) in [4.78, 5) is 38.4. The number of hydrogen-bond donors (Lipinski definition) is 2. The Kier molecular flexibility index (Phi) is 11.1. The second-order valence-corrected chi connectivity index (χ2v) is 9.18. The van der Waals surface area contributed by atoms with Crippen LogP contribution in [0, 0.1) is 5.92 Å². The van der Waals surface area contributed by atoms with Crippen LogP contribution in [0.2, 0.25) is 0 Å². The van der Waals surface area contributed by atoms with Crippen LogP contribution in [0.5, 0.6) is 0 Å². The van der Waals surface area contributed by atoms with Crippen LogP contribution in [0.25, 0.3) is 0 Å². The number of ether oxygens (including phenoxy) is 1. The number of carbonyl (C=O) groups is 3. The zero-order valence-corrected chi connectivity index (χ0v) is 21.1. The first-order chi connectivity index (χ1) is 18.5. The Labute approximate surface area is 224 Å². The van der Waals surface area contributed by atoms with Gasteiger partial charge in [-0.2, -0.15) is 26.3 Å². The molecule has 16 heteroatoms. The van der Waals surface area contributed by atoms with Gasteiger partial charge in [-0.25, -0.2) is 9.59 Å². The molecule has 0 aromatic carbocycles. The van der Waals surface area contributed by atoms with Gasteiger partial charge in [-0.1, -0.05) is 0 Å². The van der Waals surface area contributed by atoms with Crippen molar-refractivity contribution in [1.29, 1.82) is 0 Å². The summed E-state index contributed by atoms with van der Waals surface area (Å²) in [6, 6.07) is 7.46. The summed E-state index contributed by atoms with van der Waals surface area (Å²) in [6.07, 6.45) is -2.98. The van der Waals surface area contributed by atoms with E-state index in [1.54, 1.807) is 30.8 Å². The number of aliphatic carboxylic acids is 2. The first-order valence-corrected chi connectivity index (χ1v) is 11.7. The Bertz CT molecular complexity index is 1070. The van der Waals surface area contributed by atoms with Crippen molar-refractivity contribution in [3.8, 4) is 0 Å². The van der Waals surface area contributed by atoms with Gasteiger partial charge in [0, 0.05) is 24.5 Å². The van der Waals surface area contributed by atoms with Crippen molar-refractivity contribution in [3.63, 3.8) is 0 Å². The molecule has 4 heterocycles. The number of amides is 1. The molecule has 0 bridgehead atoms. The third-order valence-corrected chi connectivity index (χ3v) is 5.87. The average molecular weight is 583 g/mol. The summed E-state index contributed by atoms with van der Waals surface area (Å²) in [5, 5.41) is 14.2. The highest BCUT2D eigenvalue weighted by atomic mass is 19.4.